The average Bonchev–Trinajstić information content (AvgIpc) is 3.39. The summed E-state index contributed by atoms with van der Waals surface area (Å²) in [6.45, 7) is 4.75. The number of nitrogens with zero attached hydrogens (tertiary/aromatic N) is 1. The summed E-state index contributed by atoms with van der Waals surface area (Å²) in [7, 11) is 1.57. The molecule has 0 saturated carbocycles. The molecule has 0 spiro atoms. The number of phosphoric ester groups is 1. The quantitative estimate of drug-likeness (QED) is 0.0243. The van der Waals surface area contributed by atoms with Gasteiger partial charge in [0.25, 0.3) is 0 Å². The predicted octanol–water partition coefficient (Wildman–Crippen LogP) is 19.7. The number of hydrogen-bond donors (Lipinski definition) is 3. The van der Waals surface area contributed by atoms with E-state index in [2.05, 4.69) is 141 Å². The highest BCUT2D eigenvalue weighted by molar-refractivity contribution is 7.47. The maximum Gasteiger partial charge on any atom is 0.472 e. The van der Waals surface area contributed by atoms with Gasteiger partial charge in [0.05, 0.1) is 39.9 Å². The van der Waals surface area contributed by atoms with Crippen LogP contribution in [0.5, 0.6) is 0 Å². The highest BCUT2D eigenvalue weighted by atomic mass is 31.2. The number of carbonyl (C=O) groups excluding carboxylic acids is 1. The lowest BCUT2D eigenvalue weighted by molar-refractivity contribution is -0.870. The minimum atomic E-state index is -4.35. The number of quaternary nitrogens is 1. The second-order valence-corrected chi connectivity index (χ2v) is 23.5. The molecule has 0 bridgehead atoms. The van der Waals surface area contributed by atoms with E-state index < -0.39 is 20.0 Å². The van der Waals surface area contributed by atoms with Gasteiger partial charge in [-0.05, 0) is 89.9 Å². The van der Waals surface area contributed by atoms with Crippen LogP contribution < -0.4 is 5.32 Å². The van der Waals surface area contributed by atoms with Crippen LogP contribution in [-0.2, 0) is 18.4 Å². The number of unbranched alkanes of at least 4 members (excludes halogenated alkanes) is 23. The molecule has 0 aromatic rings. The Morgan fingerprint density at radius 1 is 0.455 bits per heavy atom. The van der Waals surface area contributed by atoms with Gasteiger partial charge in [-0.3, -0.25) is 13.8 Å². The largest absolute Gasteiger partial charge is 0.472 e. The van der Waals surface area contributed by atoms with E-state index >= 15 is 0 Å². The third-order valence-corrected chi connectivity index (χ3v) is 14.5. The number of aliphatic hydroxyl groups excluding tert-OH is 1. The molecule has 442 valence electrons. The van der Waals surface area contributed by atoms with Gasteiger partial charge in [0.2, 0.25) is 5.91 Å². The van der Waals surface area contributed by atoms with Crippen LogP contribution in [0.4, 0.5) is 0 Å². The average molecular weight is 1090 g/mol. The van der Waals surface area contributed by atoms with Gasteiger partial charge in [0.1, 0.15) is 13.2 Å². The van der Waals surface area contributed by atoms with Gasteiger partial charge in [-0.1, -0.05) is 277 Å². The Bertz CT molecular complexity index is 1670. The first-order chi connectivity index (χ1) is 37.5. The summed E-state index contributed by atoms with van der Waals surface area (Å²) >= 11 is 0. The topological polar surface area (TPSA) is 105 Å². The van der Waals surface area contributed by atoms with Gasteiger partial charge in [-0.25, -0.2) is 4.57 Å². The van der Waals surface area contributed by atoms with Crippen LogP contribution in [0.25, 0.3) is 0 Å². The molecule has 0 fully saturated rings. The van der Waals surface area contributed by atoms with Crippen LogP contribution in [0.15, 0.2) is 122 Å². The minimum Gasteiger partial charge on any atom is -0.391 e. The third kappa shape index (κ3) is 60.4. The van der Waals surface area contributed by atoms with Crippen molar-refractivity contribution in [3.63, 3.8) is 0 Å². The second-order valence-electron chi connectivity index (χ2n) is 22.1. The van der Waals surface area contributed by atoms with Crippen molar-refractivity contribution in [2.24, 2.45) is 0 Å². The summed E-state index contributed by atoms with van der Waals surface area (Å²) in [5, 5.41) is 14.1. The molecule has 0 aliphatic rings. The highest BCUT2D eigenvalue weighted by Gasteiger charge is 2.28. The molecule has 3 atom stereocenters. The lowest BCUT2D eigenvalue weighted by Crippen LogP contribution is -2.46. The fourth-order valence-electron chi connectivity index (χ4n) is 8.60. The SMILES string of the molecule is CC/C=C\C/C=C\C/C=C\C/C=C\C/C=C\C/C=C\C/C=C\C/C=C\C/C=C\C/C=C\CCCCC(=O)NC(COP(=O)(O)OCC[N+](C)(C)C)C(O)CCCCCCCCCCCCCCCCCCCCCCCC. The van der Waals surface area contributed by atoms with Gasteiger partial charge in [0, 0.05) is 6.42 Å². The molecular formula is C68H120N2O6P+. The molecule has 77 heavy (non-hydrogen) atoms. The number of rotatable bonds is 56. The van der Waals surface area contributed by atoms with E-state index in [4.69, 9.17) is 9.05 Å². The maximum atomic E-state index is 13.0. The molecule has 0 heterocycles. The molecule has 0 aromatic carbocycles. The molecule has 0 aliphatic heterocycles. The van der Waals surface area contributed by atoms with Crippen LogP contribution in [0, 0.1) is 0 Å². The predicted molar refractivity (Wildman–Crippen MR) is 336 cm³/mol. The molecule has 8 nitrogen and oxygen atoms in total. The monoisotopic (exact) mass is 1090 g/mol. The smallest absolute Gasteiger partial charge is 0.391 e. The summed E-state index contributed by atoms with van der Waals surface area (Å²) in [5.41, 5.74) is 0. The Morgan fingerprint density at radius 3 is 1.12 bits per heavy atom. The van der Waals surface area contributed by atoms with Crippen molar-refractivity contribution in [1.82, 2.24) is 5.32 Å². The van der Waals surface area contributed by atoms with Crippen molar-refractivity contribution in [3.8, 4) is 0 Å². The first-order valence-corrected chi connectivity index (χ1v) is 32.9. The Labute approximate surface area is 475 Å². The standard InChI is InChI=1S/C68H119N2O6P/c1-6-8-10-12-14-16-18-20-22-24-26-28-30-31-32-33-34-35-36-37-38-39-40-42-44-46-48-50-52-54-56-58-60-62-68(72)69-66(65-76-77(73,74)75-64-63-70(3,4)5)67(71)61-59-57-55-53-51-49-47-45-43-41-29-27-25-23-21-19-17-15-13-11-9-7-2/h8,10,14,16,20,22,26,28,31-32,34-35,37-38,40,42,46,48,52,54,66-67,71H,6-7,9,11-13,15,17-19,21,23-25,27,29-30,33,36,39,41,43-45,47,49-51,53,55-65H2,1-5H3,(H-,69,72,73,74)/p+1/b10-8-,16-14-,22-20-,28-26-,32-31-,35-34-,38-37-,42-40-,48-46-,54-52-. The Morgan fingerprint density at radius 2 is 0.779 bits per heavy atom. The minimum absolute atomic E-state index is 0.0597. The van der Waals surface area contributed by atoms with Gasteiger partial charge in [-0.2, -0.15) is 0 Å². The Kier molecular flexibility index (Phi) is 55.3. The number of allylic oxidation sites excluding steroid dienone is 20. The number of hydrogen-bond acceptors (Lipinski definition) is 5. The zero-order chi connectivity index (χ0) is 56.3. The van der Waals surface area contributed by atoms with E-state index in [-0.39, 0.29) is 19.1 Å². The van der Waals surface area contributed by atoms with E-state index in [0.29, 0.717) is 30.3 Å². The molecule has 3 N–H and O–H groups in total. The third-order valence-electron chi connectivity index (χ3n) is 13.5. The van der Waals surface area contributed by atoms with Crippen molar-refractivity contribution in [2.45, 2.75) is 264 Å². The van der Waals surface area contributed by atoms with Crippen LogP contribution >= 0.6 is 7.82 Å². The zero-order valence-corrected chi connectivity index (χ0v) is 51.3. The number of carbonyl (C=O) groups is 1. The summed E-state index contributed by atoms with van der Waals surface area (Å²) in [4.78, 5) is 23.4. The molecular weight excluding hydrogens is 972 g/mol. The Balaban J connectivity index is 4.27. The van der Waals surface area contributed by atoms with Crippen LogP contribution in [-0.4, -0.2) is 73.4 Å². The molecule has 0 aliphatic carbocycles. The van der Waals surface area contributed by atoms with Gasteiger partial charge in [0.15, 0.2) is 0 Å². The van der Waals surface area contributed by atoms with Crippen molar-refractivity contribution < 1.29 is 32.9 Å². The highest BCUT2D eigenvalue weighted by Crippen LogP contribution is 2.43. The second kappa shape index (κ2) is 57.6. The van der Waals surface area contributed by atoms with Gasteiger partial charge < -0.3 is 19.8 Å². The van der Waals surface area contributed by atoms with E-state index in [1.54, 1.807) is 0 Å². The number of likely N-dealkylation sites (N-methyl/N-ethyl adjacent to an activating group) is 1. The molecule has 1 amide bonds. The molecule has 0 aromatic heterocycles. The fourth-order valence-corrected chi connectivity index (χ4v) is 9.34. The maximum absolute atomic E-state index is 13.0. The van der Waals surface area contributed by atoms with Crippen molar-refractivity contribution in [1.29, 1.82) is 0 Å². The van der Waals surface area contributed by atoms with Gasteiger partial charge in [-0.15, -0.1) is 0 Å². The lowest BCUT2D eigenvalue weighted by atomic mass is 10.0. The molecule has 3 unspecified atom stereocenters. The van der Waals surface area contributed by atoms with E-state index in [1.165, 1.54) is 122 Å². The normalized spacial score (nSPS) is 14.6. The summed E-state index contributed by atoms with van der Waals surface area (Å²) < 4.78 is 23.8. The van der Waals surface area contributed by atoms with Crippen LogP contribution in [0.2, 0.25) is 0 Å². The first kappa shape index (κ1) is 73.9. The van der Waals surface area contributed by atoms with E-state index in [9.17, 15) is 19.4 Å². The molecule has 9 heteroatoms. The number of phosphoric acid groups is 1. The first-order valence-electron chi connectivity index (χ1n) is 31.4. The summed E-state index contributed by atoms with van der Waals surface area (Å²) in [6.07, 6.45) is 85.6. The zero-order valence-electron chi connectivity index (χ0n) is 50.4. The van der Waals surface area contributed by atoms with Crippen LogP contribution in [0.3, 0.4) is 0 Å². The van der Waals surface area contributed by atoms with Crippen molar-refractivity contribution in [2.75, 3.05) is 40.9 Å². The number of aliphatic hydroxyl groups is 1. The summed E-state index contributed by atoms with van der Waals surface area (Å²) in [6, 6.07) is -0.795. The molecule has 0 rings (SSSR count). The Hall–Kier alpha value is -3.10. The van der Waals surface area contributed by atoms with Crippen molar-refractivity contribution in [3.05, 3.63) is 122 Å². The van der Waals surface area contributed by atoms with Crippen LogP contribution in [0.1, 0.15) is 251 Å². The molecule has 0 radical (unpaired) electrons. The molecule has 0 saturated heterocycles. The van der Waals surface area contributed by atoms with Crippen molar-refractivity contribution >= 4 is 13.7 Å². The fraction of sp³-hybridized carbons (Fsp3) is 0.691. The van der Waals surface area contributed by atoms with E-state index in [0.717, 1.165) is 96.3 Å². The van der Waals surface area contributed by atoms with E-state index in [1.807, 2.05) is 21.1 Å². The van der Waals surface area contributed by atoms with Gasteiger partial charge >= 0.3 is 7.82 Å². The number of amides is 1. The lowest BCUT2D eigenvalue weighted by Gasteiger charge is -2.26. The number of nitrogens with one attached hydrogen (secondary N) is 1. The summed E-state index contributed by atoms with van der Waals surface area (Å²) in [5.74, 6) is -0.189.